The average Bonchev–Trinajstić information content (AvgIpc) is 2.10. The number of hydrogen-bond acceptors (Lipinski definition) is 2. The van der Waals surface area contributed by atoms with Crippen molar-refractivity contribution in [2.24, 2.45) is 0 Å². The predicted octanol–water partition coefficient (Wildman–Crippen LogP) is 1.53. The molecule has 0 spiro atoms. The van der Waals surface area contributed by atoms with Crippen LogP contribution in [0.4, 0.5) is 4.39 Å². The van der Waals surface area contributed by atoms with Crippen LogP contribution >= 0.6 is 11.6 Å². The van der Waals surface area contributed by atoms with Gasteiger partial charge in [-0.05, 0) is 24.7 Å². The Bertz CT molecular complexity index is 433. The Balaban J connectivity index is 2.99. The summed E-state index contributed by atoms with van der Waals surface area (Å²) in [6.45, 7) is 0. The van der Waals surface area contributed by atoms with Crippen LogP contribution in [0.5, 0.6) is 0 Å². The predicted molar refractivity (Wildman–Crippen MR) is 53.1 cm³/mol. The first-order valence-corrected chi connectivity index (χ1v) is 5.83. The summed E-state index contributed by atoms with van der Waals surface area (Å²) in [5, 5.41) is 0.115. The molecule has 0 radical (unpaired) electrons. The normalized spacial score (nSPS) is 11.6. The van der Waals surface area contributed by atoms with E-state index in [1.165, 1.54) is 19.2 Å². The average molecular weight is 238 g/mol. The fourth-order valence-electron chi connectivity index (χ4n) is 0.916. The molecule has 0 saturated heterocycles. The van der Waals surface area contributed by atoms with Gasteiger partial charge in [0, 0.05) is 5.02 Å². The minimum absolute atomic E-state index is 0.115. The molecule has 14 heavy (non-hydrogen) atoms. The van der Waals surface area contributed by atoms with Crippen LogP contribution in [0.2, 0.25) is 5.02 Å². The van der Waals surface area contributed by atoms with Gasteiger partial charge in [-0.3, -0.25) is 0 Å². The Morgan fingerprint density at radius 3 is 2.64 bits per heavy atom. The van der Waals surface area contributed by atoms with Gasteiger partial charge < -0.3 is 0 Å². The van der Waals surface area contributed by atoms with Crippen LogP contribution in [0.15, 0.2) is 18.2 Å². The van der Waals surface area contributed by atoms with Gasteiger partial charge in [0.2, 0.25) is 10.0 Å². The number of rotatable bonds is 3. The Hall–Kier alpha value is -0.650. The summed E-state index contributed by atoms with van der Waals surface area (Å²) in [4.78, 5) is 0. The van der Waals surface area contributed by atoms with Crippen LogP contribution in [-0.4, -0.2) is 15.5 Å². The van der Waals surface area contributed by atoms with E-state index in [0.717, 1.165) is 6.07 Å². The molecule has 0 aliphatic rings. The van der Waals surface area contributed by atoms with Gasteiger partial charge >= 0.3 is 0 Å². The summed E-state index contributed by atoms with van der Waals surface area (Å²) >= 11 is 5.66. The molecule has 1 aromatic carbocycles. The van der Waals surface area contributed by atoms with Crippen molar-refractivity contribution in [1.82, 2.24) is 4.72 Å². The van der Waals surface area contributed by atoms with E-state index >= 15 is 0 Å². The molecule has 0 unspecified atom stereocenters. The second kappa shape index (κ2) is 4.25. The van der Waals surface area contributed by atoms with Crippen molar-refractivity contribution >= 4 is 21.6 Å². The third-order valence-corrected chi connectivity index (χ3v) is 3.34. The maximum atomic E-state index is 12.6. The summed E-state index contributed by atoms with van der Waals surface area (Å²) in [5.74, 6) is -0.733. The molecular weight excluding hydrogens is 229 g/mol. The molecule has 1 rings (SSSR count). The van der Waals surface area contributed by atoms with Gasteiger partial charge in [0.25, 0.3) is 0 Å². The van der Waals surface area contributed by atoms with Crippen LogP contribution < -0.4 is 4.72 Å². The molecule has 1 N–H and O–H groups in total. The van der Waals surface area contributed by atoms with Gasteiger partial charge in [0.05, 0.1) is 5.75 Å². The fourth-order valence-corrected chi connectivity index (χ4v) is 2.03. The lowest BCUT2D eigenvalue weighted by Crippen LogP contribution is -2.20. The number of nitrogens with one attached hydrogen (secondary N) is 1. The van der Waals surface area contributed by atoms with Crippen molar-refractivity contribution in [2.45, 2.75) is 5.75 Å². The van der Waals surface area contributed by atoms with Gasteiger partial charge in [-0.2, -0.15) is 0 Å². The highest BCUT2D eigenvalue weighted by molar-refractivity contribution is 7.88. The van der Waals surface area contributed by atoms with Crippen LogP contribution in [0.25, 0.3) is 0 Å². The monoisotopic (exact) mass is 237 g/mol. The summed E-state index contributed by atoms with van der Waals surface area (Å²) in [6, 6.07) is 3.61. The van der Waals surface area contributed by atoms with Crippen LogP contribution in [0.1, 0.15) is 5.56 Å². The quantitative estimate of drug-likeness (QED) is 0.867. The topological polar surface area (TPSA) is 46.2 Å². The maximum absolute atomic E-state index is 12.6. The van der Waals surface area contributed by atoms with E-state index in [9.17, 15) is 12.8 Å². The van der Waals surface area contributed by atoms with E-state index in [1.807, 2.05) is 0 Å². The first kappa shape index (κ1) is 11.4. The largest absolute Gasteiger partial charge is 0.218 e. The second-order valence-corrected chi connectivity index (χ2v) is 5.03. The molecule has 0 saturated carbocycles. The summed E-state index contributed by atoms with van der Waals surface area (Å²) in [6.07, 6.45) is 0. The highest BCUT2D eigenvalue weighted by atomic mass is 35.5. The SMILES string of the molecule is CNS(=O)(=O)Cc1ccc(F)cc1Cl. The first-order chi connectivity index (χ1) is 6.44. The molecule has 0 atom stereocenters. The van der Waals surface area contributed by atoms with Crippen molar-refractivity contribution in [1.29, 1.82) is 0 Å². The number of sulfonamides is 1. The lowest BCUT2D eigenvalue weighted by atomic mass is 10.2. The Morgan fingerprint density at radius 2 is 2.14 bits per heavy atom. The third kappa shape index (κ3) is 2.94. The number of hydrogen-bond donors (Lipinski definition) is 1. The third-order valence-electron chi connectivity index (χ3n) is 1.67. The second-order valence-electron chi connectivity index (χ2n) is 2.70. The molecule has 0 bridgehead atoms. The summed E-state index contributed by atoms with van der Waals surface area (Å²) in [7, 11) is -2.05. The lowest BCUT2D eigenvalue weighted by molar-refractivity contribution is 0.587. The molecule has 0 aliphatic carbocycles. The molecule has 3 nitrogen and oxygen atoms in total. The molecule has 6 heteroatoms. The molecule has 0 fully saturated rings. The molecule has 0 aliphatic heterocycles. The van der Waals surface area contributed by atoms with Crippen LogP contribution in [0, 0.1) is 5.82 Å². The molecule has 78 valence electrons. The van der Waals surface area contributed by atoms with E-state index in [-0.39, 0.29) is 10.8 Å². The Morgan fingerprint density at radius 1 is 1.50 bits per heavy atom. The van der Waals surface area contributed by atoms with Crippen molar-refractivity contribution in [2.75, 3.05) is 7.05 Å². The highest BCUT2D eigenvalue weighted by Gasteiger charge is 2.11. The van der Waals surface area contributed by atoms with E-state index in [0.29, 0.717) is 5.56 Å². The van der Waals surface area contributed by atoms with Crippen molar-refractivity contribution in [3.8, 4) is 0 Å². The Kier molecular flexibility index (Phi) is 3.47. The zero-order valence-electron chi connectivity index (χ0n) is 7.42. The standard InChI is InChI=1S/C8H9ClFNO2S/c1-11-14(12,13)5-6-2-3-7(10)4-8(6)9/h2-4,11H,5H2,1H3. The number of benzene rings is 1. The van der Waals surface area contributed by atoms with Gasteiger partial charge in [-0.15, -0.1) is 0 Å². The van der Waals surface area contributed by atoms with Crippen LogP contribution in [-0.2, 0) is 15.8 Å². The van der Waals surface area contributed by atoms with E-state index in [2.05, 4.69) is 4.72 Å². The number of halogens is 2. The van der Waals surface area contributed by atoms with Crippen molar-refractivity contribution in [3.05, 3.63) is 34.6 Å². The zero-order valence-corrected chi connectivity index (χ0v) is 8.99. The fraction of sp³-hybridized carbons (Fsp3) is 0.250. The van der Waals surface area contributed by atoms with E-state index in [1.54, 1.807) is 0 Å². The van der Waals surface area contributed by atoms with E-state index < -0.39 is 15.8 Å². The lowest BCUT2D eigenvalue weighted by Gasteiger charge is -2.04. The molecule has 0 heterocycles. The highest BCUT2D eigenvalue weighted by Crippen LogP contribution is 2.18. The van der Waals surface area contributed by atoms with Crippen molar-refractivity contribution < 1.29 is 12.8 Å². The zero-order chi connectivity index (χ0) is 10.8. The van der Waals surface area contributed by atoms with Gasteiger partial charge in [0.1, 0.15) is 5.82 Å². The van der Waals surface area contributed by atoms with Gasteiger partial charge in [-0.1, -0.05) is 17.7 Å². The molecule has 0 aromatic heterocycles. The minimum Gasteiger partial charge on any atom is -0.218 e. The Labute approximate surface area is 86.9 Å². The van der Waals surface area contributed by atoms with Gasteiger partial charge in [0.15, 0.2) is 0 Å². The molecule has 1 aromatic rings. The molecule has 0 amide bonds. The van der Waals surface area contributed by atoms with Crippen LogP contribution in [0.3, 0.4) is 0 Å². The summed E-state index contributed by atoms with van der Waals surface area (Å²) in [5.41, 5.74) is 0.377. The smallest absolute Gasteiger partial charge is 0.215 e. The maximum Gasteiger partial charge on any atom is 0.215 e. The van der Waals surface area contributed by atoms with E-state index in [4.69, 9.17) is 11.6 Å². The minimum atomic E-state index is -3.36. The molecular formula is C8H9ClFNO2S. The summed E-state index contributed by atoms with van der Waals surface area (Å²) < 4.78 is 37.0. The van der Waals surface area contributed by atoms with Gasteiger partial charge in [-0.25, -0.2) is 17.5 Å². The van der Waals surface area contributed by atoms with Crippen molar-refractivity contribution in [3.63, 3.8) is 0 Å². The first-order valence-electron chi connectivity index (χ1n) is 3.80.